The Morgan fingerprint density at radius 2 is 1.56 bits per heavy atom. The van der Waals surface area contributed by atoms with Crippen molar-refractivity contribution in [2.24, 2.45) is 0 Å². The zero-order chi connectivity index (χ0) is 18.8. The normalized spacial score (nSPS) is 15.1. The van der Waals surface area contributed by atoms with Crippen LogP contribution in [0.25, 0.3) is 11.4 Å². The van der Waals surface area contributed by atoms with Crippen LogP contribution in [-0.4, -0.2) is 34.0 Å². The van der Waals surface area contributed by atoms with Crippen molar-refractivity contribution in [3.63, 3.8) is 0 Å². The molecule has 7 heteroatoms. The van der Waals surface area contributed by atoms with Gasteiger partial charge in [-0.2, -0.15) is 4.98 Å². The number of likely N-dealkylation sites (tertiary alicyclic amines) is 1. The summed E-state index contributed by atoms with van der Waals surface area (Å²) in [5.41, 5.74) is 1.17. The fraction of sp³-hybridized carbons (Fsp3) is 0.250. The Bertz CT molecular complexity index is 931. The van der Waals surface area contributed by atoms with Crippen LogP contribution in [0.2, 0.25) is 0 Å². The van der Waals surface area contributed by atoms with Gasteiger partial charge < -0.3 is 9.42 Å². The minimum absolute atomic E-state index is 0.0731. The van der Waals surface area contributed by atoms with Crippen LogP contribution in [0.5, 0.6) is 0 Å². The van der Waals surface area contributed by atoms with Gasteiger partial charge in [0.1, 0.15) is 11.6 Å². The molecule has 3 aromatic rings. The molecule has 0 N–H and O–H groups in total. The van der Waals surface area contributed by atoms with Crippen LogP contribution in [0.15, 0.2) is 53.1 Å². The van der Waals surface area contributed by atoms with Crippen LogP contribution < -0.4 is 0 Å². The van der Waals surface area contributed by atoms with Crippen LogP contribution in [0.1, 0.15) is 35.0 Å². The lowest BCUT2D eigenvalue weighted by molar-refractivity contribution is 0.0704. The van der Waals surface area contributed by atoms with Crippen molar-refractivity contribution in [3.05, 3.63) is 71.6 Å². The molecular formula is C20H17F2N3O2. The summed E-state index contributed by atoms with van der Waals surface area (Å²) in [4.78, 5) is 18.7. The van der Waals surface area contributed by atoms with Gasteiger partial charge in [0.25, 0.3) is 5.91 Å². The number of hydrogen-bond donors (Lipinski definition) is 0. The van der Waals surface area contributed by atoms with E-state index in [1.807, 2.05) is 0 Å². The molecule has 1 saturated heterocycles. The smallest absolute Gasteiger partial charge is 0.253 e. The fourth-order valence-corrected chi connectivity index (χ4v) is 3.22. The highest BCUT2D eigenvalue weighted by Gasteiger charge is 2.28. The van der Waals surface area contributed by atoms with Gasteiger partial charge >= 0.3 is 0 Å². The monoisotopic (exact) mass is 369 g/mol. The van der Waals surface area contributed by atoms with E-state index in [-0.39, 0.29) is 23.5 Å². The summed E-state index contributed by atoms with van der Waals surface area (Å²) in [7, 11) is 0. The first-order chi connectivity index (χ1) is 13.1. The fourth-order valence-electron chi connectivity index (χ4n) is 3.22. The predicted octanol–water partition coefficient (Wildman–Crippen LogP) is 4.03. The number of halogens is 2. The number of rotatable bonds is 3. The van der Waals surface area contributed by atoms with Crippen molar-refractivity contribution in [1.82, 2.24) is 15.0 Å². The highest BCUT2D eigenvalue weighted by molar-refractivity contribution is 5.94. The van der Waals surface area contributed by atoms with E-state index in [4.69, 9.17) is 4.52 Å². The first kappa shape index (κ1) is 17.3. The van der Waals surface area contributed by atoms with Gasteiger partial charge in [-0.3, -0.25) is 4.79 Å². The minimum atomic E-state index is -0.362. The molecule has 0 aliphatic carbocycles. The summed E-state index contributed by atoms with van der Waals surface area (Å²) in [6.07, 6.45) is 1.41. The molecule has 1 aliphatic heterocycles. The summed E-state index contributed by atoms with van der Waals surface area (Å²) < 4.78 is 31.4. The summed E-state index contributed by atoms with van der Waals surface area (Å²) >= 11 is 0. The van der Waals surface area contributed by atoms with Gasteiger partial charge in [-0.05, 0) is 61.4 Å². The molecule has 0 bridgehead atoms. The van der Waals surface area contributed by atoms with Crippen molar-refractivity contribution in [3.8, 4) is 11.4 Å². The Kier molecular flexibility index (Phi) is 4.66. The Labute approximate surface area is 154 Å². The average Bonchev–Trinajstić information content (AvgIpc) is 3.19. The van der Waals surface area contributed by atoms with Crippen molar-refractivity contribution in [1.29, 1.82) is 0 Å². The first-order valence-electron chi connectivity index (χ1n) is 8.74. The van der Waals surface area contributed by atoms with Crippen LogP contribution in [-0.2, 0) is 0 Å². The molecule has 2 heterocycles. The van der Waals surface area contributed by atoms with E-state index in [1.54, 1.807) is 17.0 Å². The highest BCUT2D eigenvalue weighted by atomic mass is 19.1. The maximum atomic E-state index is 13.0. The standard InChI is InChI=1S/C20H17F2N3O2/c21-16-5-1-13(2-6-16)18-23-19(27-24-18)14-9-11-25(12-10-14)20(26)15-3-7-17(22)8-4-15/h1-8,14H,9-12H2. The van der Waals surface area contributed by atoms with Gasteiger partial charge in [-0.1, -0.05) is 5.16 Å². The molecule has 2 aromatic carbocycles. The molecule has 0 atom stereocenters. The molecule has 4 rings (SSSR count). The van der Waals surface area contributed by atoms with E-state index in [1.165, 1.54) is 36.4 Å². The highest BCUT2D eigenvalue weighted by Crippen LogP contribution is 2.29. The second-order valence-corrected chi connectivity index (χ2v) is 6.54. The predicted molar refractivity (Wildman–Crippen MR) is 94.0 cm³/mol. The number of nitrogens with zero attached hydrogens (tertiary/aromatic N) is 3. The van der Waals surface area contributed by atoms with E-state index >= 15 is 0 Å². The summed E-state index contributed by atoms with van der Waals surface area (Å²) in [6, 6.07) is 11.5. The zero-order valence-corrected chi connectivity index (χ0v) is 14.4. The average molecular weight is 369 g/mol. The zero-order valence-electron chi connectivity index (χ0n) is 14.4. The lowest BCUT2D eigenvalue weighted by Crippen LogP contribution is -2.38. The third-order valence-corrected chi connectivity index (χ3v) is 4.77. The number of aromatic nitrogens is 2. The van der Waals surface area contributed by atoms with Gasteiger partial charge in [-0.15, -0.1) is 0 Å². The van der Waals surface area contributed by atoms with Crippen LogP contribution in [0, 0.1) is 11.6 Å². The third kappa shape index (κ3) is 3.72. The molecule has 0 saturated carbocycles. The Morgan fingerprint density at radius 3 is 2.19 bits per heavy atom. The Balaban J connectivity index is 1.40. The maximum Gasteiger partial charge on any atom is 0.253 e. The largest absolute Gasteiger partial charge is 0.339 e. The number of amides is 1. The second kappa shape index (κ2) is 7.26. The van der Waals surface area contributed by atoms with E-state index in [0.29, 0.717) is 48.8 Å². The number of piperidine rings is 1. The SMILES string of the molecule is O=C(c1ccc(F)cc1)N1CCC(c2nc(-c3ccc(F)cc3)no2)CC1. The van der Waals surface area contributed by atoms with E-state index in [9.17, 15) is 13.6 Å². The lowest BCUT2D eigenvalue weighted by Gasteiger charge is -2.30. The molecule has 0 unspecified atom stereocenters. The second-order valence-electron chi connectivity index (χ2n) is 6.54. The molecule has 0 spiro atoms. The van der Waals surface area contributed by atoms with Crippen LogP contribution >= 0.6 is 0 Å². The maximum absolute atomic E-state index is 13.0. The Hall–Kier alpha value is -3.09. The van der Waals surface area contributed by atoms with Gasteiger partial charge in [-0.25, -0.2) is 8.78 Å². The first-order valence-corrected chi connectivity index (χ1v) is 8.74. The number of benzene rings is 2. The number of carbonyl (C=O) groups excluding carboxylic acids is 1. The van der Waals surface area contributed by atoms with Gasteiger partial charge in [0, 0.05) is 30.1 Å². The molecule has 138 valence electrons. The summed E-state index contributed by atoms with van der Waals surface area (Å²) in [5, 5.41) is 3.98. The topological polar surface area (TPSA) is 59.2 Å². The van der Waals surface area contributed by atoms with Crippen LogP contribution in [0.3, 0.4) is 0 Å². The molecule has 1 aromatic heterocycles. The van der Waals surface area contributed by atoms with E-state index < -0.39 is 0 Å². The molecule has 1 fully saturated rings. The van der Waals surface area contributed by atoms with Crippen molar-refractivity contribution in [2.45, 2.75) is 18.8 Å². The quantitative estimate of drug-likeness (QED) is 0.699. The molecule has 27 heavy (non-hydrogen) atoms. The lowest BCUT2D eigenvalue weighted by atomic mass is 9.96. The molecule has 5 nitrogen and oxygen atoms in total. The Morgan fingerprint density at radius 1 is 0.963 bits per heavy atom. The summed E-state index contributed by atoms with van der Waals surface area (Å²) in [6.45, 7) is 1.13. The van der Waals surface area contributed by atoms with E-state index in [2.05, 4.69) is 10.1 Å². The third-order valence-electron chi connectivity index (χ3n) is 4.77. The van der Waals surface area contributed by atoms with Crippen molar-refractivity contribution in [2.75, 3.05) is 13.1 Å². The molecule has 0 radical (unpaired) electrons. The van der Waals surface area contributed by atoms with Crippen molar-refractivity contribution >= 4 is 5.91 Å². The van der Waals surface area contributed by atoms with Gasteiger partial charge in [0.05, 0.1) is 0 Å². The molecular weight excluding hydrogens is 352 g/mol. The summed E-state index contributed by atoms with van der Waals surface area (Å²) in [5.74, 6) is 0.243. The van der Waals surface area contributed by atoms with Crippen LogP contribution in [0.4, 0.5) is 8.78 Å². The minimum Gasteiger partial charge on any atom is -0.339 e. The molecule has 1 aliphatic rings. The van der Waals surface area contributed by atoms with Gasteiger partial charge in [0.15, 0.2) is 0 Å². The molecule has 1 amide bonds. The number of carbonyl (C=O) groups is 1. The van der Waals surface area contributed by atoms with Crippen molar-refractivity contribution < 1.29 is 18.1 Å². The number of hydrogen-bond acceptors (Lipinski definition) is 4. The van der Waals surface area contributed by atoms with Gasteiger partial charge in [0.2, 0.25) is 11.7 Å². The van der Waals surface area contributed by atoms with E-state index in [0.717, 1.165) is 0 Å².